The number of halogens is 3. The van der Waals surface area contributed by atoms with E-state index in [-0.39, 0.29) is 29.4 Å². The van der Waals surface area contributed by atoms with E-state index >= 15 is 0 Å². The second-order valence-corrected chi connectivity index (χ2v) is 4.41. The van der Waals surface area contributed by atoms with E-state index < -0.39 is 11.7 Å². The molecule has 0 spiro atoms. The fraction of sp³-hybridized carbons (Fsp3) is 0.333. The molecule has 8 heteroatoms. The second kappa shape index (κ2) is 6.56. The van der Waals surface area contributed by atoms with Gasteiger partial charge in [-0.05, 0) is 18.2 Å². The zero-order chi connectivity index (χ0) is 15.3. The molecule has 4 N–H and O–H groups in total. The number of anilines is 1. The average molecular weight is 305 g/mol. The maximum atomic E-state index is 12.6. The van der Waals surface area contributed by atoms with Gasteiger partial charge in [-0.1, -0.05) is 12.2 Å². The number of carbonyl (C=O) groups excluding carboxylic acids is 1. The lowest BCUT2D eigenvalue weighted by molar-refractivity contribution is -0.137. The number of thiocarbonyl (C=S) groups is 1. The smallest absolute Gasteiger partial charge is 0.389 e. The molecular formula is C12H14F3N3OS. The molecule has 0 fully saturated rings. The molecule has 1 aromatic rings. The maximum Gasteiger partial charge on any atom is 0.416 e. The van der Waals surface area contributed by atoms with Crippen LogP contribution in [-0.2, 0) is 11.0 Å². The third-order valence-corrected chi connectivity index (χ3v) is 2.78. The van der Waals surface area contributed by atoms with Gasteiger partial charge in [0, 0.05) is 31.3 Å². The number of hydrogen-bond donors (Lipinski definition) is 3. The Bertz CT molecular complexity index is 517. The van der Waals surface area contributed by atoms with Crippen molar-refractivity contribution in [2.75, 3.05) is 18.9 Å². The minimum Gasteiger partial charge on any atom is -0.389 e. The second-order valence-electron chi connectivity index (χ2n) is 3.97. The van der Waals surface area contributed by atoms with Crippen molar-refractivity contribution in [2.45, 2.75) is 12.6 Å². The third-order valence-electron chi connectivity index (χ3n) is 2.56. The molecule has 110 valence electrons. The monoisotopic (exact) mass is 305 g/mol. The van der Waals surface area contributed by atoms with Crippen LogP contribution in [0, 0.1) is 0 Å². The first-order chi connectivity index (χ1) is 9.25. The minimum absolute atomic E-state index is 0.103. The van der Waals surface area contributed by atoms with Crippen molar-refractivity contribution in [1.82, 2.24) is 5.32 Å². The Labute approximate surface area is 119 Å². The SMILES string of the molecule is CNC(=O)CCNc1ccc(C(F)(F)F)cc1C(N)=S. The summed E-state index contributed by atoms with van der Waals surface area (Å²) < 4.78 is 37.8. The third kappa shape index (κ3) is 4.37. The number of nitrogens with one attached hydrogen (secondary N) is 2. The molecule has 0 atom stereocenters. The van der Waals surface area contributed by atoms with Crippen LogP contribution in [0.1, 0.15) is 17.5 Å². The Morgan fingerprint density at radius 3 is 2.55 bits per heavy atom. The Morgan fingerprint density at radius 2 is 2.05 bits per heavy atom. The average Bonchev–Trinajstić information content (AvgIpc) is 2.37. The molecule has 0 aliphatic heterocycles. The zero-order valence-electron chi connectivity index (χ0n) is 10.7. The van der Waals surface area contributed by atoms with Crippen LogP contribution in [0.2, 0.25) is 0 Å². The van der Waals surface area contributed by atoms with E-state index in [2.05, 4.69) is 10.6 Å². The first-order valence-corrected chi connectivity index (χ1v) is 6.12. The van der Waals surface area contributed by atoms with Crippen molar-refractivity contribution < 1.29 is 18.0 Å². The number of benzene rings is 1. The largest absolute Gasteiger partial charge is 0.416 e. The van der Waals surface area contributed by atoms with Gasteiger partial charge in [0.05, 0.1) is 5.56 Å². The van der Waals surface area contributed by atoms with Gasteiger partial charge in [0.1, 0.15) is 4.99 Å². The molecule has 0 saturated heterocycles. The van der Waals surface area contributed by atoms with Crippen LogP contribution >= 0.6 is 12.2 Å². The molecule has 0 aliphatic rings. The van der Waals surface area contributed by atoms with Crippen molar-refractivity contribution in [3.63, 3.8) is 0 Å². The summed E-state index contributed by atoms with van der Waals surface area (Å²) in [6, 6.07) is 3.08. The van der Waals surface area contributed by atoms with E-state index in [0.29, 0.717) is 5.69 Å². The first-order valence-electron chi connectivity index (χ1n) is 5.71. The highest BCUT2D eigenvalue weighted by Gasteiger charge is 2.31. The highest BCUT2D eigenvalue weighted by molar-refractivity contribution is 7.80. The molecule has 0 aliphatic carbocycles. The van der Waals surface area contributed by atoms with Crippen LogP contribution in [0.3, 0.4) is 0 Å². The number of rotatable bonds is 5. The Kier molecular flexibility index (Phi) is 5.32. The van der Waals surface area contributed by atoms with Crippen LogP contribution in [-0.4, -0.2) is 24.5 Å². The van der Waals surface area contributed by atoms with Crippen molar-refractivity contribution in [3.8, 4) is 0 Å². The molecule has 0 bridgehead atoms. The molecule has 4 nitrogen and oxygen atoms in total. The molecule has 1 aromatic carbocycles. The van der Waals surface area contributed by atoms with Crippen LogP contribution in [0.4, 0.5) is 18.9 Å². The molecule has 1 amide bonds. The normalized spacial score (nSPS) is 11.0. The summed E-state index contributed by atoms with van der Waals surface area (Å²) >= 11 is 4.75. The number of amides is 1. The summed E-state index contributed by atoms with van der Waals surface area (Å²) in [6.45, 7) is 0.265. The molecule has 0 aromatic heterocycles. The van der Waals surface area contributed by atoms with Crippen molar-refractivity contribution in [3.05, 3.63) is 29.3 Å². The zero-order valence-corrected chi connectivity index (χ0v) is 11.5. The van der Waals surface area contributed by atoms with E-state index in [1.807, 2.05) is 0 Å². The predicted molar refractivity (Wildman–Crippen MR) is 74.5 cm³/mol. The highest BCUT2D eigenvalue weighted by atomic mass is 32.1. The molecule has 0 unspecified atom stereocenters. The minimum atomic E-state index is -4.46. The van der Waals surface area contributed by atoms with Crippen LogP contribution in [0.25, 0.3) is 0 Å². The van der Waals surface area contributed by atoms with Gasteiger partial charge in [-0.25, -0.2) is 0 Å². The van der Waals surface area contributed by atoms with E-state index in [4.69, 9.17) is 18.0 Å². The van der Waals surface area contributed by atoms with Crippen molar-refractivity contribution >= 4 is 28.8 Å². The maximum absolute atomic E-state index is 12.6. The summed E-state index contributed by atoms with van der Waals surface area (Å²) in [6.07, 6.45) is -4.27. The lowest BCUT2D eigenvalue weighted by Gasteiger charge is -2.14. The fourth-order valence-electron chi connectivity index (χ4n) is 1.51. The van der Waals surface area contributed by atoms with Crippen LogP contribution in [0.15, 0.2) is 18.2 Å². The Balaban J connectivity index is 2.91. The fourth-order valence-corrected chi connectivity index (χ4v) is 1.68. The Morgan fingerprint density at radius 1 is 1.40 bits per heavy atom. The van der Waals surface area contributed by atoms with Gasteiger partial charge >= 0.3 is 6.18 Å². The Hall–Kier alpha value is -1.83. The van der Waals surface area contributed by atoms with Gasteiger partial charge in [0.25, 0.3) is 0 Å². The van der Waals surface area contributed by atoms with E-state index in [0.717, 1.165) is 12.1 Å². The van der Waals surface area contributed by atoms with E-state index in [1.165, 1.54) is 13.1 Å². The summed E-state index contributed by atoms with van der Waals surface area (Å²) in [5.74, 6) is -0.179. The predicted octanol–water partition coefficient (Wildman–Crippen LogP) is 1.89. The number of hydrogen-bond acceptors (Lipinski definition) is 3. The van der Waals surface area contributed by atoms with Crippen LogP contribution in [0.5, 0.6) is 0 Å². The number of carbonyl (C=O) groups is 1. The molecule has 0 radical (unpaired) electrons. The number of alkyl halides is 3. The molecular weight excluding hydrogens is 291 g/mol. The van der Waals surface area contributed by atoms with Crippen molar-refractivity contribution in [1.29, 1.82) is 0 Å². The summed E-state index contributed by atoms with van der Waals surface area (Å²) in [7, 11) is 1.50. The number of nitrogens with two attached hydrogens (primary N) is 1. The van der Waals surface area contributed by atoms with Gasteiger partial charge in [-0.3, -0.25) is 4.79 Å². The molecule has 0 saturated carbocycles. The van der Waals surface area contributed by atoms with Gasteiger partial charge < -0.3 is 16.4 Å². The van der Waals surface area contributed by atoms with Gasteiger partial charge in [0.15, 0.2) is 0 Å². The van der Waals surface area contributed by atoms with Crippen molar-refractivity contribution in [2.24, 2.45) is 5.73 Å². The standard InChI is InChI=1S/C12H14F3N3OS/c1-17-10(19)4-5-18-9-3-2-7(12(13,14)15)6-8(9)11(16)20/h2-3,6,18H,4-5H2,1H3,(H2,16,20)(H,17,19). The quantitative estimate of drug-likeness (QED) is 0.727. The first kappa shape index (κ1) is 16.2. The van der Waals surface area contributed by atoms with Gasteiger partial charge in [0.2, 0.25) is 5.91 Å². The molecule has 0 heterocycles. The van der Waals surface area contributed by atoms with Crippen LogP contribution < -0.4 is 16.4 Å². The van der Waals surface area contributed by atoms with E-state index in [9.17, 15) is 18.0 Å². The highest BCUT2D eigenvalue weighted by Crippen LogP contribution is 2.31. The van der Waals surface area contributed by atoms with Gasteiger partial charge in [-0.15, -0.1) is 0 Å². The topological polar surface area (TPSA) is 67.2 Å². The lowest BCUT2D eigenvalue weighted by Crippen LogP contribution is -2.22. The molecule has 1 rings (SSSR count). The van der Waals surface area contributed by atoms with Gasteiger partial charge in [-0.2, -0.15) is 13.2 Å². The summed E-state index contributed by atoms with van der Waals surface area (Å²) in [4.78, 5) is 10.9. The summed E-state index contributed by atoms with van der Waals surface area (Å²) in [5.41, 5.74) is 5.08. The lowest BCUT2D eigenvalue weighted by atomic mass is 10.1. The summed E-state index contributed by atoms with van der Waals surface area (Å²) in [5, 5.41) is 5.28. The van der Waals surface area contributed by atoms with E-state index in [1.54, 1.807) is 0 Å². The molecule has 20 heavy (non-hydrogen) atoms.